The van der Waals surface area contributed by atoms with Gasteiger partial charge in [-0.05, 0) is 24.1 Å². The van der Waals surface area contributed by atoms with Crippen LogP contribution in [0.1, 0.15) is 30.4 Å². The molecular weight excluding hydrogens is 200 g/mol. The Kier molecular flexibility index (Phi) is 3.20. The highest BCUT2D eigenvalue weighted by atomic mass is 16.4. The van der Waals surface area contributed by atoms with Crippen molar-refractivity contribution < 1.29 is 4.42 Å². The molecule has 1 atom stereocenters. The molecule has 0 aliphatic carbocycles. The minimum absolute atomic E-state index is 0.124. The van der Waals surface area contributed by atoms with Gasteiger partial charge in [0, 0.05) is 11.5 Å². The predicted molar refractivity (Wildman–Crippen MR) is 63.6 cm³/mol. The quantitative estimate of drug-likeness (QED) is 0.785. The topological polar surface area (TPSA) is 30.2 Å². The second-order valence-corrected chi connectivity index (χ2v) is 3.73. The van der Waals surface area contributed by atoms with Gasteiger partial charge in [-0.15, -0.1) is 0 Å². The molecule has 0 radical (unpaired) electrons. The minimum Gasteiger partial charge on any atom is -0.431 e. The van der Waals surface area contributed by atoms with E-state index >= 15 is 0 Å². The molecule has 0 bridgehead atoms. The van der Waals surface area contributed by atoms with Crippen LogP contribution in [0.2, 0.25) is 0 Å². The van der Waals surface area contributed by atoms with Crippen LogP contribution in [0.15, 0.2) is 57.9 Å². The van der Waals surface area contributed by atoms with Crippen molar-refractivity contribution in [3.63, 3.8) is 0 Å². The van der Waals surface area contributed by atoms with E-state index in [1.165, 1.54) is 6.26 Å². The van der Waals surface area contributed by atoms with E-state index < -0.39 is 0 Å². The first-order valence-electron chi connectivity index (χ1n) is 5.45. The van der Waals surface area contributed by atoms with Gasteiger partial charge in [0.15, 0.2) is 0 Å². The average Bonchev–Trinajstić information content (AvgIpc) is 2.34. The molecule has 0 amide bonds. The third-order valence-corrected chi connectivity index (χ3v) is 2.75. The molecule has 16 heavy (non-hydrogen) atoms. The highest BCUT2D eigenvalue weighted by Gasteiger charge is 2.15. The van der Waals surface area contributed by atoms with Gasteiger partial charge in [-0.25, -0.2) is 4.79 Å². The maximum Gasteiger partial charge on any atom is 0.339 e. The smallest absolute Gasteiger partial charge is 0.339 e. The molecular formula is C14H14O2. The molecule has 0 spiro atoms. The number of hydrogen-bond donors (Lipinski definition) is 0. The lowest BCUT2D eigenvalue weighted by atomic mass is 9.90. The Labute approximate surface area is 94.5 Å². The van der Waals surface area contributed by atoms with Crippen LogP contribution >= 0.6 is 0 Å². The van der Waals surface area contributed by atoms with Gasteiger partial charge in [-0.1, -0.05) is 37.3 Å². The normalized spacial score (nSPS) is 12.3. The van der Waals surface area contributed by atoms with Crippen molar-refractivity contribution in [2.75, 3.05) is 0 Å². The zero-order valence-corrected chi connectivity index (χ0v) is 9.22. The first-order valence-corrected chi connectivity index (χ1v) is 5.45. The van der Waals surface area contributed by atoms with Gasteiger partial charge in [0.1, 0.15) is 0 Å². The van der Waals surface area contributed by atoms with E-state index in [1.807, 2.05) is 36.4 Å². The third-order valence-electron chi connectivity index (χ3n) is 2.75. The van der Waals surface area contributed by atoms with Crippen molar-refractivity contribution in [2.45, 2.75) is 19.3 Å². The molecule has 0 aliphatic rings. The van der Waals surface area contributed by atoms with Crippen molar-refractivity contribution in [1.29, 1.82) is 0 Å². The molecule has 0 saturated heterocycles. The van der Waals surface area contributed by atoms with E-state index in [-0.39, 0.29) is 11.5 Å². The summed E-state index contributed by atoms with van der Waals surface area (Å²) >= 11 is 0. The van der Waals surface area contributed by atoms with E-state index in [9.17, 15) is 4.79 Å². The lowest BCUT2D eigenvalue weighted by Crippen LogP contribution is -2.12. The van der Waals surface area contributed by atoms with Gasteiger partial charge >= 0.3 is 5.63 Å². The first-order chi connectivity index (χ1) is 7.83. The molecule has 1 aromatic carbocycles. The monoisotopic (exact) mass is 214 g/mol. The van der Waals surface area contributed by atoms with Gasteiger partial charge < -0.3 is 4.42 Å². The summed E-state index contributed by atoms with van der Waals surface area (Å²) in [6, 6.07) is 13.6. The third kappa shape index (κ3) is 2.06. The lowest BCUT2D eigenvalue weighted by molar-refractivity contribution is 0.495. The second kappa shape index (κ2) is 4.79. The van der Waals surface area contributed by atoms with E-state index in [0.717, 1.165) is 17.5 Å². The van der Waals surface area contributed by atoms with Gasteiger partial charge in [0.2, 0.25) is 0 Å². The summed E-state index contributed by atoms with van der Waals surface area (Å²) in [6.45, 7) is 2.07. The largest absolute Gasteiger partial charge is 0.431 e. The van der Waals surface area contributed by atoms with Crippen LogP contribution in [0.25, 0.3) is 0 Å². The van der Waals surface area contributed by atoms with Crippen molar-refractivity contribution >= 4 is 0 Å². The second-order valence-electron chi connectivity index (χ2n) is 3.73. The van der Waals surface area contributed by atoms with E-state index in [4.69, 9.17) is 4.42 Å². The summed E-state index contributed by atoms with van der Waals surface area (Å²) in [5.41, 5.74) is 1.65. The molecule has 1 unspecified atom stereocenters. The molecule has 2 nitrogen and oxygen atoms in total. The summed E-state index contributed by atoms with van der Waals surface area (Å²) in [5.74, 6) is 0.124. The van der Waals surface area contributed by atoms with Crippen molar-refractivity contribution in [3.05, 3.63) is 70.3 Å². The van der Waals surface area contributed by atoms with Crippen LogP contribution in [-0.4, -0.2) is 0 Å². The van der Waals surface area contributed by atoms with Crippen LogP contribution < -0.4 is 5.63 Å². The Balaban J connectivity index is 2.45. The van der Waals surface area contributed by atoms with Crippen LogP contribution in [0, 0.1) is 0 Å². The van der Waals surface area contributed by atoms with Crippen LogP contribution in [0.5, 0.6) is 0 Å². The zero-order valence-electron chi connectivity index (χ0n) is 9.22. The molecule has 0 saturated carbocycles. The highest BCUT2D eigenvalue weighted by molar-refractivity contribution is 5.29. The molecule has 2 heteroatoms. The molecule has 1 aromatic heterocycles. The fourth-order valence-corrected chi connectivity index (χ4v) is 1.96. The van der Waals surface area contributed by atoms with E-state index in [2.05, 4.69) is 6.92 Å². The standard InChI is InChI=1S/C14H14O2/c1-2-12(11-7-4-3-5-8-11)13-9-6-10-16-14(13)15/h3-10,12H,2H2,1H3. The summed E-state index contributed by atoms with van der Waals surface area (Å²) in [5, 5.41) is 0. The molecule has 0 N–H and O–H groups in total. The summed E-state index contributed by atoms with van der Waals surface area (Å²) in [4.78, 5) is 11.6. The Morgan fingerprint density at radius 1 is 1.12 bits per heavy atom. The minimum atomic E-state index is -0.238. The predicted octanol–water partition coefficient (Wildman–Crippen LogP) is 3.18. The van der Waals surface area contributed by atoms with Crippen LogP contribution in [-0.2, 0) is 0 Å². The van der Waals surface area contributed by atoms with Crippen LogP contribution in [0.3, 0.4) is 0 Å². The Morgan fingerprint density at radius 2 is 1.88 bits per heavy atom. The maximum absolute atomic E-state index is 11.6. The molecule has 0 aliphatic heterocycles. The van der Waals surface area contributed by atoms with Crippen molar-refractivity contribution in [1.82, 2.24) is 0 Å². The maximum atomic E-state index is 11.6. The number of hydrogen-bond acceptors (Lipinski definition) is 2. The summed E-state index contributed by atoms with van der Waals surface area (Å²) in [6.07, 6.45) is 2.31. The molecule has 2 rings (SSSR count). The Hall–Kier alpha value is -1.83. The van der Waals surface area contributed by atoms with E-state index in [0.29, 0.717) is 0 Å². The Bertz CT molecular complexity index is 499. The average molecular weight is 214 g/mol. The SMILES string of the molecule is CCC(c1ccccc1)c1cccoc1=O. The highest BCUT2D eigenvalue weighted by Crippen LogP contribution is 2.24. The van der Waals surface area contributed by atoms with Gasteiger partial charge in [-0.2, -0.15) is 0 Å². The fourth-order valence-electron chi connectivity index (χ4n) is 1.96. The molecule has 0 fully saturated rings. The van der Waals surface area contributed by atoms with E-state index in [1.54, 1.807) is 6.07 Å². The fraction of sp³-hybridized carbons (Fsp3) is 0.214. The van der Waals surface area contributed by atoms with Crippen molar-refractivity contribution in [2.24, 2.45) is 0 Å². The Morgan fingerprint density at radius 3 is 2.50 bits per heavy atom. The summed E-state index contributed by atoms with van der Waals surface area (Å²) < 4.78 is 4.91. The molecule has 1 heterocycles. The molecule has 2 aromatic rings. The van der Waals surface area contributed by atoms with Crippen molar-refractivity contribution in [3.8, 4) is 0 Å². The van der Waals surface area contributed by atoms with Gasteiger partial charge in [0.25, 0.3) is 0 Å². The van der Waals surface area contributed by atoms with Gasteiger partial charge in [-0.3, -0.25) is 0 Å². The number of benzene rings is 1. The zero-order chi connectivity index (χ0) is 11.4. The summed E-state index contributed by atoms with van der Waals surface area (Å²) in [7, 11) is 0. The van der Waals surface area contributed by atoms with Crippen LogP contribution in [0.4, 0.5) is 0 Å². The first kappa shape index (κ1) is 10.7. The van der Waals surface area contributed by atoms with Gasteiger partial charge in [0.05, 0.1) is 6.26 Å². The lowest BCUT2D eigenvalue weighted by Gasteiger charge is -2.13. The molecule has 82 valence electrons. The number of rotatable bonds is 3.